The Hall–Kier alpha value is -0.930. The highest BCUT2D eigenvalue weighted by Crippen LogP contribution is 2.00. The Kier molecular flexibility index (Phi) is 1.83. The maximum atomic E-state index is 5.76. The molecule has 0 amide bonds. The molecule has 0 aromatic heterocycles. The van der Waals surface area contributed by atoms with Crippen molar-refractivity contribution in [1.29, 1.82) is 0 Å². The summed E-state index contributed by atoms with van der Waals surface area (Å²) in [4.78, 5) is 0. The number of benzene rings is 1. The van der Waals surface area contributed by atoms with Gasteiger partial charge >= 0.3 is 0 Å². The second-order valence-electron chi connectivity index (χ2n) is 2.36. The molecule has 0 saturated heterocycles. The molecule has 0 bridgehead atoms. The second-order valence-corrected chi connectivity index (χ2v) is 3.16. The van der Waals surface area contributed by atoms with Crippen molar-refractivity contribution in [3.63, 3.8) is 0 Å². The first-order valence-corrected chi connectivity index (χ1v) is 4.03. The Bertz CT molecular complexity index is 415. The Morgan fingerprint density at radius 3 is 3.08 bits per heavy atom. The molecule has 62 valence electrons. The molecule has 3 nitrogen and oxygen atoms in total. The normalized spacial score (nSPS) is 14.0. The number of fused-ring (bicyclic) bond motifs is 1. The molecule has 1 aromatic carbocycles. The lowest BCUT2D eigenvalue weighted by atomic mass is 10.3. The van der Waals surface area contributed by atoms with Crippen LogP contribution in [0.1, 0.15) is 0 Å². The van der Waals surface area contributed by atoms with E-state index in [2.05, 4.69) is 10.6 Å². The molecule has 0 atom stereocenters. The maximum Gasteiger partial charge on any atom is 0.0952 e. The van der Waals surface area contributed by atoms with Crippen molar-refractivity contribution in [1.82, 2.24) is 10.1 Å². The number of rotatable bonds is 0. The van der Waals surface area contributed by atoms with Gasteiger partial charge in [-0.05, 0) is 18.2 Å². The minimum absolute atomic E-state index is 0.663. The molecular weight excluding hydrogens is 197 g/mol. The largest absolute Gasteiger partial charge is 0.203 e. The summed E-state index contributed by atoms with van der Waals surface area (Å²) in [5.74, 6) is 0. The molecule has 0 fully saturated rings. The first-order chi connectivity index (χ1) is 5.75. The highest BCUT2D eigenvalue weighted by atomic mass is 35.5. The maximum absolute atomic E-state index is 5.76. The molecule has 0 aliphatic carbocycles. The van der Waals surface area contributed by atoms with Gasteiger partial charge in [-0.3, -0.25) is 0 Å². The predicted molar refractivity (Wildman–Crippen MR) is 47.5 cm³/mol. The van der Waals surface area contributed by atoms with E-state index in [1.54, 1.807) is 18.3 Å². The van der Waals surface area contributed by atoms with Gasteiger partial charge in [0, 0.05) is 22.0 Å². The number of hydrazine groups is 1. The Morgan fingerprint density at radius 1 is 1.42 bits per heavy atom. The van der Waals surface area contributed by atoms with Crippen LogP contribution in [0.5, 0.6) is 0 Å². The summed E-state index contributed by atoms with van der Waals surface area (Å²) < 4.78 is 1.26. The Morgan fingerprint density at radius 2 is 2.25 bits per heavy atom. The van der Waals surface area contributed by atoms with E-state index in [0.29, 0.717) is 5.02 Å². The smallest absolute Gasteiger partial charge is 0.0952 e. The molecule has 1 heterocycles. The molecule has 1 aromatic rings. The Balaban J connectivity index is 2.71. The first-order valence-electron chi connectivity index (χ1n) is 3.31. The van der Waals surface area contributed by atoms with Crippen LogP contribution >= 0.6 is 23.4 Å². The topological polar surface area (TPSA) is 27.6 Å². The van der Waals surface area contributed by atoms with Crippen LogP contribution in [0.4, 0.5) is 0 Å². The molecular formula is C7H5Cl2N3. The van der Waals surface area contributed by atoms with Gasteiger partial charge in [-0.15, -0.1) is 0 Å². The third kappa shape index (κ3) is 1.33. The van der Waals surface area contributed by atoms with E-state index >= 15 is 0 Å². The molecule has 1 N–H and O–H groups in total. The number of hydrogen-bond donors (Lipinski definition) is 1. The molecule has 0 saturated carbocycles. The molecule has 0 spiro atoms. The van der Waals surface area contributed by atoms with Crippen LogP contribution in [0.3, 0.4) is 0 Å². The van der Waals surface area contributed by atoms with Gasteiger partial charge in [0.2, 0.25) is 0 Å². The molecule has 0 unspecified atom stereocenters. The van der Waals surface area contributed by atoms with E-state index in [4.69, 9.17) is 23.4 Å². The zero-order chi connectivity index (χ0) is 8.55. The summed E-state index contributed by atoms with van der Waals surface area (Å²) in [6.45, 7) is 0. The van der Waals surface area contributed by atoms with Crippen LogP contribution in [0, 0.1) is 0 Å². The molecule has 1 aliphatic heterocycles. The predicted octanol–water partition coefficient (Wildman–Crippen LogP) is 0.587. The summed E-state index contributed by atoms with van der Waals surface area (Å²) in [5.41, 5.74) is 2.57. The summed E-state index contributed by atoms with van der Waals surface area (Å²) in [5, 5.41) is 6.36. The van der Waals surface area contributed by atoms with Gasteiger partial charge in [0.15, 0.2) is 0 Å². The van der Waals surface area contributed by atoms with E-state index in [1.165, 1.54) is 4.53 Å². The van der Waals surface area contributed by atoms with Crippen LogP contribution in [0.2, 0.25) is 5.02 Å². The van der Waals surface area contributed by atoms with Crippen molar-refractivity contribution in [3.05, 3.63) is 33.8 Å². The van der Waals surface area contributed by atoms with E-state index in [0.717, 1.165) is 10.6 Å². The van der Waals surface area contributed by atoms with E-state index in [9.17, 15) is 0 Å². The highest BCUT2D eigenvalue weighted by Gasteiger charge is 1.98. The van der Waals surface area contributed by atoms with Crippen molar-refractivity contribution in [3.8, 4) is 0 Å². The molecule has 5 heteroatoms. The van der Waals surface area contributed by atoms with Gasteiger partial charge in [0.05, 0.1) is 11.6 Å². The lowest BCUT2D eigenvalue weighted by molar-refractivity contribution is 0.467. The van der Waals surface area contributed by atoms with Gasteiger partial charge in [0.1, 0.15) is 0 Å². The minimum Gasteiger partial charge on any atom is -0.203 e. The average molecular weight is 202 g/mol. The SMILES string of the molecule is Clc1ccc2c(c1)=NNN(Cl)C=2. The van der Waals surface area contributed by atoms with Crippen molar-refractivity contribution < 1.29 is 0 Å². The summed E-state index contributed by atoms with van der Waals surface area (Å²) in [6.07, 6.45) is 1.72. The van der Waals surface area contributed by atoms with E-state index in [1.807, 2.05) is 6.07 Å². The van der Waals surface area contributed by atoms with Gasteiger partial charge in [-0.25, -0.2) is 5.53 Å². The number of nitrogens with one attached hydrogen (secondary N) is 1. The van der Waals surface area contributed by atoms with Crippen LogP contribution in [0.25, 0.3) is 6.20 Å². The van der Waals surface area contributed by atoms with Crippen LogP contribution in [-0.4, -0.2) is 4.53 Å². The van der Waals surface area contributed by atoms with Gasteiger partial charge in [-0.2, -0.15) is 9.63 Å². The van der Waals surface area contributed by atoms with Gasteiger partial charge < -0.3 is 0 Å². The monoisotopic (exact) mass is 201 g/mol. The fourth-order valence-electron chi connectivity index (χ4n) is 0.975. The summed E-state index contributed by atoms with van der Waals surface area (Å²) in [6, 6.07) is 5.42. The summed E-state index contributed by atoms with van der Waals surface area (Å²) in [7, 11) is 0. The van der Waals surface area contributed by atoms with Gasteiger partial charge in [0.25, 0.3) is 0 Å². The Labute approximate surface area is 79.0 Å². The van der Waals surface area contributed by atoms with Gasteiger partial charge in [-0.1, -0.05) is 11.6 Å². The molecule has 1 aliphatic rings. The highest BCUT2D eigenvalue weighted by molar-refractivity contribution is 6.30. The van der Waals surface area contributed by atoms with E-state index < -0.39 is 0 Å². The average Bonchev–Trinajstić information content (AvgIpc) is 2.05. The lowest BCUT2D eigenvalue weighted by Gasteiger charge is -2.11. The van der Waals surface area contributed by atoms with Crippen LogP contribution in [0.15, 0.2) is 23.3 Å². The minimum atomic E-state index is 0.663. The first kappa shape index (κ1) is 7.71. The van der Waals surface area contributed by atoms with Crippen molar-refractivity contribution in [2.24, 2.45) is 5.10 Å². The number of hydrogen-bond acceptors (Lipinski definition) is 3. The van der Waals surface area contributed by atoms with Crippen LogP contribution in [-0.2, 0) is 0 Å². The summed E-state index contributed by atoms with van der Waals surface area (Å²) >= 11 is 11.4. The second kappa shape index (κ2) is 2.84. The number of nitrogens with zero attached hydrogens (tertiary/aromatic N) is 2. The van der Waals surface area contributed by atoms with E-state index in [-0.39, 0.29) is 0 Å². The molecule has 12 heavy (non-hydrogen) atoms. The molecule has 2 rings (SSSR count). The van der Waals surface area contributed by atoms with Crippen molar-refractivity contribution >= 4 is 29.6 Å². The standard InChI is InChI=1S/C7H5Cl2N3/c8-6-2-1-5-4-12(9)11-10-7(5)3-6/h1-4,11H. The zero-order valence-electron chi connectivity index (χ0n) is 5.96. The fraction of sp³-hybridized carbons (Fsp3) is 0. The third-order valence-electron chi connectivity index (χ3n) is 1.51. The van der Waals surface area contributed by atoms with Crippen molar-refractivity contribution in [2.45, 2.75) is 0 Å². The van der Waals surface area contributed by atoms with Crippen molar-refractivity contribution in [2.75, 3.05) is 0 Å². The lowest BCUT2D eigenvalue weighted by Crippen LogP contribution is -2.38. The zero-order valence-corrected chi connectivity index (χ0v) is 7.47. The number of halogens is 2. The quantitative estimate of drug-likeness (QED) is 0.623. The van der Waals surface area contributed by atoms with Crippen LogP contribution < -0.4 is 16.1 Å². The fourth-order valence-corrected chi connectivity index (χ4v) is 1.28. The molecule has 0 radical (unpaired) electrons. The third-order valence-corrected chi connectivity index (χ3v) is 1.92.